The minimum atomic E-state index is -0.159. The van der Waals surface area contributed by atoms with Crippen molar-refractivity contribution >= 4 is 26.8 Å². The van der Waals surface area contributed by atoms with Crippen LogP contribution in [0.4, 0.5) is 0 Å². The van der Waals surface area contributed by atoms with Gasteiger partial charge in [0.2, 0.25) is 0 Å². The molecular weight excluding hydrogens is 220 g/mol. The fourth-order valence-corrected chi connectivity index (χ4v) is 1.49. The van der Waals surface area contributed by atoms with E-state index in [-0.39, 0.29) is 5.56 Å². The zero-order valence-corrected chi connectivity index (χ0v) is 7.63. The fourth-order valence-electron chi connectivity index (χ4n) is 1.05. The predicted molar refractivity (Wildman–Crippen MR) is 50.1 cm³/mol. The number of rotatable bonds is 0. The molecule has 3 nitrogen and oxygen atoms in total. The Bertz CT molecular complexity index is 478. The molecule has 12 heavy (non-hydrogen) atoms. The number of H-pyrrole nitrogens is 1. The first-order valence-corrected chi connectivity index (χ1v) is 4.20. The maximum atomic E-state index is 11.2. The molecule has 4 heteroatoms. The Kier molecular flexibility index (Phi) is 1.69. The Balaban J connectivity index is 3.05. The van der Waals surface area contributed by atoms with Crippen LogP contribution in [0.5, 0.6) is 0 Å². The molecule has 2 aromatic rings. The van der Waals surface area contributed by atoms with Gasteiger partial charge in [0.05, 0.1) is 0 Å². The zero-order valence-electron chi connectivity index (χ0n) is 6.04. The van der Waals surface area contributed by atoms with E-state index in [4.69, 9.17) is 0 Å². The Labute approximate surface area is 76.6 Å². The predicted octanol–water partition coefficient (Wildman–Crippen LogP) is 1.69. The first kappa shape index (κ1) is 7.49. The van der Waals surface area contributed by atoms with E-state index in [9.17, 15) is 4.79 Å². The number of pyridine rings is 2. The molecule has 0 aliphatic heterocycles. The highest BCUT2D eigenvalue weighted by molar-refractivity contribution is 9.10. The normalized spacial score (nSPS) is 10.4. The van der Waals surface area contributed by atoms with Gasteiger partial charge in [-0.15, -0.1) is 0 Å². The van der Waals surface area contributed by atoms with E-state index in [2.05, 4.69) is 25.9 Å². The lowest BCUT2D eigenvalue weighted by Crippen LogP contribution is -2.06. The Morgan fingerprint density at radius 3 is 3.08 bits per heavy atom. The Morgan fingerprint density at radius 2 is 2.33 bits per heavy atom. The third-order valence-corrected chi connectivity index (χ3v) is 2.27. The topological polar surface area (TPSA) is 45.8 Å². The van der Waals surface area contributed by atoms with E-state index in [0.717, 1.165) is 9.86 Å². The van der Waals surface area contributed by atoms with Gasteiger partial charge >= 0.3 is 0 Å². The van der Waals surface area contributed by atoms with Crippen LogP contribution in [0.15, 0.2) is 33.8 Å². The molecule has 60 valence electrons. The molecule has 0 aliphatic rings. The molecule has 0 unspecified atom stereocenters. The molecular formula is C8H5BrN2O. The standard InChI is InChI=1S/C8H5BrN2O/c9-6-4-11-8(12)7-5(6)2-1-3-10-7/h1-4H,(H,11,12). The van der Waals surface area contributed by atoms with Crippen LogP contribution in [-0.2, 0) is 0 Å². The van der Waals surface area contributed by atoms with Crippen LogP contribution in [0.3, 0.4) is 0 Å². The van der Waals surface area contributed by atoms with Crippen molar-refractivity contribution in [1.29, 1.82) is 0 Å². The summed E-state index contributed by atoms with van der Waals surface area (Å²) in [4.78, 5) is 17.7. The summed E-state index contributed by atoms with van der Waals surface area (Å²) in [5.41, 5.74) is 0.306. The highest BCUT2D eigenvalue weighted by Crippen LogP contribution is 2.17. The van der Waals surface area contributed by atoms with E-state index in [1.54, 1.807) is 18.5 Å². The Hall–Kier alpha value is -1.16. The number of halogens is 1. The second-order valence-electron chi connectivity index (χ2n) is 2.37. The van der Waals surface area contributed by atoms with E-state index in [0.29, 0.717) is 5.52 Å². The van der Waals surface area contributed by atoms with Crippen molar-refractivity contribution in [3.8, 4) is 0 Å². The summed E-state index contributed by atoms with van der Waals surface area (Å²) < 4.78 is 0.852. The molecule has 0 saturated heterocycles. The van der Waals surface area contributed by atoms with Crippen molar-refractivity contribution in [1.82, 2.24) is 9.97 Å². The zero-order chi connectivity index (χ0) is 8.55. The summed E-state index contributed by atoms with van der Waals surface area (Å²) >= 11 is 3.32. The van der Waals surface area contributed by atoms with Gasteiger partial charge in [0.15, 0.2) is 0 Å². The van der Waals surface area contributed by atoms with E-state index < -0.39 is 0 Å². The van der Waals surface area contributed by atoms with Crippen molar-refractivity contribution in [3.05, 3.63) is 39.4 Å². The van der Waals surface area contributed by atoms with Crippen LogP contribution in [0.2, 0.25) is 0 Å². The van der Waals surface area contributed by atoms with Crippen LogP contribution in [0, 0.1) is 0 Å². The van der Waals surface area contributed by atoms with E-state index >= 15 is 0 Å². The highest BCUT2D eigenvalue weighted by atomic mass is 79.9. The smallest absolute Gasteiger partial charge is 0.274 e. The lowest BCUT2D eigenvalue weighted by atomic mass is 10.3. The summed E-state index contributed by atoms with van der Waals surface area (Å²) in [7, 11) is 0. The quantitative estimate of drug-likeness (QED) is 0.741. The summed E-state index contributed by atoms with van der Waals surface area (Å²) in [6.45, 7) is 0. The average Bonchev–Trinajstić information content (AvgIpc) is 2.12. The molecule has 0 saturated carbocycles. The minimum absolute atomic E-state index is 0.159. The van der Waals surface area contributed by atoms with Gasteiger partial charge in [0.25, 0.3) is 5.56 Å². The first-order valence-electron chi connectivity index (χ1n) is 3.41. The number of aromatic nitrogens is 2. The molecule has 0 amide bonds. The number of nitrogens with zero attached hydrogens (tertiary/aromatic N) is 1. The molecule has 0 atom stereocenters. The van der Waals surface area contributed by atoms with Gasteiger partial charge in [0.1, 0.15) is 5.52 Å². The lowest BCUT2D eigenvalue weighted by molar-refractivity contribution is 1.23. The number of fused-ring (bicyclic) bond motifs is 1. The van der Waals surface area contributed by atoms with Crippen LogP contribution >= 0.6 is 15.9 Å². The SMILES string of the molecule is O=c1[nH]cc(Br)c2cccnc12. The van der Waals surface area contributed by atoms with Gasteiger partial charge < -0.3 is 4.98 Å². The molecule has 2 heterocycles. The van der Waals surface area contributed by atoms with Gasteiger partial charge in [-0.1, -0.05) is 0 Å². The number of nitrogens with one attached hydrogen (secondary N) is 1. The van der Waals surface area contributed by atoms with Crippen LogP contribution < -0.4 is 5.56 Å². The van der Waals surface area contributed by atoms with Gasteiger partial charge in [-0.05, 0) is 28.1 Å². The summed E-state index contributed by atoms with van der Waals surface area (Å²) in [6, 6.07) is 3.65. The van der Waals surface area contributed by atoms with Gasteiger partial charge in [-0.25, -0.2) is 0 Å². The second kappa shape index (κ2) is 2.71. The van der Waals surface area contributed by atoms with Crippen molar-refractivity contribution in [2.24, 2.45) is 0 Å². The largest absolute Gasteiger partial charge is 0.326 e. The third-order valence-electron chi connectivity index (χ3n) is 1.61. The molecule has 0 spiro atoms. The average molecular weight is 225 g/mol. The highest BCUT2D eigenvalue weighted by Gasteiger charge is 2.00. The molecule has 2 aromatic heterocycles. The molecule has 0 aliphatic carbocycles. The molecule has 0 radical (unpaired) electrons. The van der Waals surface area contributed by atoms with E-state index in [1.807, 2.05) is 6.07 Å². The number of hydrogen-bond acceptors (Lipinski definition) is 2. The molecule has 1 N–H and O–H groups in total. The van der Waals surface area contributed by atoms with Crippen LogP contribution in [0.25, 0.3) is 10.9 Å². The first-order chi connectivity index (χ1) is 5.79. The second-order valence-corrected chi connectivity index (χ2v) is 3.22. The van der Waals surface area contributed by atoms with E-state index in [1.165, 1.54) is 0 Å². The van der Waals surface area contributed by atoms with Crippen LogP contribution in [-0.4, -0.2) is 9.97 Å². The van der Waals surface area contributed by atoms with Crippen molar-refractivity contribution < 1.29 is 0 Å². The third kappa shape index (κ3) is 1.04. The number of aromatic amines is 1. The van der Waals surface area contributed by atoms with Crippen molar-refractivity contribution in [2.45, 2.75) is 0 Å². The monoisotopic (exact) mass is 224 g/mol. The fraction of sp³-hybridized carbons (Fsp3) is 0. The lowest BCUT2D eigenvalue weighted by Gasteiger charge is -1.96. The maximum Gasteiger partial charge on any atom is 0.274 e. The van der Waals surface area contributed by atoms with Gasteiger partial charge in [0, 0.05) is 22.3 Å². The minimum Gasteiger partial charge on any atom is -0.326 e. The summed E-state index contributed by atoms with van der Waals surface area (Å²) in [6.07, 6.45) is 3.22. The molecule has 0 aromatic carbocycles. The van der Waals surface area contributed by atoms with Crippen molar-refractivity contribution in [3.63, 3.8) is 0 Å². The van der Waals surface area contributed by atoms with Crippen molar-refractivity contribution in [2.75, 3.05) is 0 Å². The van der Waals surface area contributed by atoms with Crippen LogP contribution in [0.1, 0.15) is 0 Å². The number of hydrogen-bond donors (Lipinski definition) is 1. The molecule has 0 fully saturated rings. The molecule has 0 bridgehead atoms. The molecule has 2 rings (SSSR count). The Morgan fingerprint density at radius 1 is 1.50 bits per heavy atom. The maximum absolute atomic E-state index is 11.2. The summed E-state index contributed by atoms with van der Waals surface area (Å²) in [5.74, 6) is 0. The van der Waals surface area contributed by atoms with Gasteiger partial charge in [-0.3, -0.25) is 9.78 Å². The van der Waals surface area contributed by atoms with Gasteiger partial charge in [-0.2, -0.15) is 0 Å². The summed E-state index contributed by atoms with van der Waals surface area (Å²) in [5, 5.41) is 0.834.